The number of hydrogen-bond acceptors (Lipinski definition) is 3. The number of aliphatic carboxylic acids is 1. The van der Waals surface area contributed by atoms with Crippen molar-refractivity contribution in [3.05, 3.63) is 33.0 Å². The van der Waals surface area contributed by atoms with Crippen LogP contribution in [-0.4, -0.2) is 17.6 Å². The van der Waals surface area contributed by atoms with Gasteiger partial charge in [-0.05, 0) is 18.6 Å². The Bertz CT molecular complexity index is 387. The van der Waals surface area contributed by atoms with Crippen molar-refractivity contribution in [3.63, 3.8) is 0 Å². The monoisotopic (exact) mass is 259 g/mol. The van der Waals surface area contributed by atoms with Crippen LogP contribution in [0.4, 0.5) is 0 Å². The quantitative estimate of drug-likeness (QED) is 0.610. The van der Waals surface area contributed by atoms with Crippen molar-refractivity contribution in [3.8, 4) is 0 Å². The first kappa shape index (κ1) is 13.2. The molecule has 0 bridgehead atoms. The van der Waals surface area contributed by atoms with E-state index < -0.39 is 5.97 Å². The Morgan fingerprint density at radius 2 is 2.38 bits per heavy atom. The van der Waals surface area contributed by atoms with Gasteiger partial charge in [-0.15, -0.1) is 11.3 Å². The molecule has 0 saturated heterocycles. The van der Waals surface area contributed by atoms with E-state index >= 15 is 0 Å². The minimum Gasteiger partial charge on any atom is -0.478 e. The summed E-state index contributed by atoms with van der Waals surface area (Å²) in [5.41, 5.74) is 0.441. The highest BCUT2D eigenvalue weighted by atomic mass is 35.5. The van der Waals surface area contributed by atoms with E-state index in [9.17, 15) is 4.79 Å². The highest BCUT2D eigenvalue weighted by molar-refractivity contribution is 7.16. The lowest BCUT2D eigenvalue weighted by Gasteiger charge is -2.00. The standard InChI is InChI=1S/C11H14ClNO2S/c1-2-8(11(14)15)5-6-13-7-9-3-4-10(12)16-9/h3-5,13H,2,6-7H2,1H3,(H,14,15)/b8-5-. The average Bonchev–Trinajstić information content (AvgIpc) is 2.64. The van der Waals surface area contributed by atoms with E-state index in [-0.39, 0.29) is 0 Å². The van der Waals surface area contributed by atoms with Crippen LogP contribution in [0.15, 0.2) is 23.8 Å². The van der Waals surface area contributed by atoms with Gasteiger partial charge >= 0.3 is 5.97 Å². The summed E-state index contributed by atoms with van der Waals surface area (Å²) in [5.74, 6) is -0.844. The third-order valence-electron chi connectivity index (χ3n) is 2.08. The van der Waals surface area contributed by atoms with Gasteiger partial charge in [0.2, 0.25) is 0 Å². The number of halogens is 1. The predicted octanol–water partition coefficient (Wildman–Crippen LogP) is 2.91. The molecule has 5 heteroatoms. The van der Waals surface area contributed by atoms with Gasteiger partial charge in [0.05, 0.1) is 4.34 Å². The van der Waals surface area contributed by atoms with Crippen molar-refractivity contribution < 1.29 is 9.90 Å². The molecule has 0 fully saturated rings. The summed E-state index contributed by atoms with van der Waals surface area (Å²) in [5, 5.41) is 11.9. The number of carbonyl (C=O) groups is 1. The summed E-state index contributed by atoms with van der Waals surface area (Å²) in [7, 11) is 0. The zero-order valence-electron chi connectivity index (χ0n) is 9.00. The van der Waals surface area contributed by atoms with Crippen LogP contribution in [0.3, 0.4) is 0 Å². The topological polar surface area (TPSA) is 49.3 Å². The van der Waals surface area contributed by atoms with E-state index in [0.717, 1.165) is 9.21 Å². The lowest BCUT2D eigenvalue weighted by Crippen LogP contribution is -2.13. The summed E-state index contributed by atoms with van der Waals surface area (Å²) < 4.78 is 0.770. The molecule has 0 aliphatic rings. The molecule has 1 rings (SSSR count). The van der Waals surface area contributed by atoms with Gasteiger partial charge in [-0.2, -0.15) is 0 Å². The van der Waals surface area contributed by atoms with Gasteiger partial charge < -0.3 is 10.4 Å². The molecule has 1 heterocycles. The molecule has 16 heavy (non-hydrogen) atoms. The number of hydrogen-bond donors (Lipinski definition) is 2. The maximum Gasteiger partial charge on any atom is 0.331 e. The molecule has 3 nitrogen and oxygen atoms in total. The molecule has 0 aliphatic heterocycles. The molecule has 1 aromatic heterocycles. The lowest BCUT2D eigenvalue weighted by atomic mass is 10.2. The SMILES string of the molecule is CC/C(=C/CNCc1ccc(Cl)s1)C(=O)O. The maximum atomic E-state index is 10.7. The van der Waals surface area contributed by atoms with Crippen LogP contribution in [0.2, 0.25) is 4.34 Å². The van der Waals surface area contributed by atoms with E-state index in [0.29, 0.717) is 25.1 Å². The van der Waals surface area contributed by atoms with Gasteiger partial charge in [0.15, 0.2) is 0 Å². The zero-order valence-corrected chi connectivity index (χ0v) is 10.6. The number of nitrogens with one attached hydrogen (secondary N) is 1. The molecule has 0 unspecified atom stereocenters. The van der Waals surface area contributed by atoms with Gasteiger partial charge in [-0.25, -0.2) is 4.79 Å². The Kier molecular flexibility index (Phi) is 5.52. The van der Waals surface area contributed by atoms with E-state index in [1.165, 1.54) is 11.3 Å². The highest BCUT2D eigenvalue weighted by Crippen LogP contribution is 2.20. The van der Waals surface area contributed by atoms with E-state index in [4.69, 9.17) is 16.7 Å². The molecular formula is C11H14ClNO2S. The van der Waals surface area contributed by atoms with Gasteiger partial charge in [0, 0.05) is 23.5 Å². The first-order chi connectivity index (χ1) is 7.63. The van der Waals surface area contributed by atoms with Crippen molar-refractivity contribution >= 4 is 28.9 Å². The summed E-state index contributed by atoms with van der Waals surface area (Å²) in [6, 6.07) is 3.81. The van der Waals surface area contributed by atoms with E-state index in [1.54, 1.807) is 6.08 Å². The van der Waals surface area contributed by atoms with Crippen molar-refractivity contribution in [2.45, 2.75) is 19.9 Å². The Balaban J connectivity index is 2.33. The molecule has 88 valence electrons. The Hall–Kier alpha value is -0.840. The van der Waals surface area contributed by atoms with Crippen molar-refractivity contribution in [1.29, 1.82) is 0 Å². The third-order valence-corrected chi connectivity index (χ3v) is 3.31. The van der Waals surface area contributed by atoms with Crippen LogP contribution in [0.5, 0.6) is 0 Å². The number of carboxylic acids is 1. The Labute approximate surface area is 104 Å². The van der Waals surface area contributed by atoms with Crippen LogP contribution < -0.4 is 5.32 Å². The molecule has 0 atom stereocenters. The fourth-order valence-electron chi connectivity index (χ4n) is 1.22. The van der Waals surface area contributed by atoms with Gasteiger partial charge in [0.25, 0.3) is 0 Å². The maximum absolute atomic E-state index is 10.7. The molecule has 0 radical (unpaired) electrons. The van der Waals surface area contributed by atoms with Crippen molar-refractivity contribution in [2.24, 2.45) is 0 Å². The molecule has 0 aromatic carbocycles. The minimum atomic E-state index is -0.844. The van der Waals surface area contributed by atoms with Crippen LogP contribution in [-0.2, 0) is 11.3 Å². The van der Waals surface area contributed by atoms with Crippen LogP contribution >= 0.6 is 22.9 Å². The Morgan fingerprint density at radius 3 is 2.88 bits per heavy atom. The fraction of sp³-hybridized carbons (Fsp3) is 0.364. The molecular weight excluding hydrogens is 246 g/mol. The number of carboxylic acid groups (broad SMARTS) is 1. The largest absolute Gasteiger partial charge is 0.478 e. The van der Waals surface area contributed by atoms with E-state index in [1.807, 2.05) is 19.1 Å². The lowest BCUT2D eigenvalue weighted by molar-refractivity contribution is -0.132. The smallest absolute Gasteiger partial charge is 0.331 e. The van der Waals surface area contributed by atoms with E-state index in [2.05, 4.69) is 5.32 Å². The number of rotatable bonds is 6. The molecule has 0 aliphatic carbocycles. The van der Waals surface area contributed by atoms with Crippen molar-refractivity contribution in [1.82, 2.24) is 5.32 Å². The zero-order chi connectivity index (χ0) is 12.0. The second kappa shape index (κ2) is 6.68. The summed E-state index contributed by atoms with van der Waals surface area (Å²) in [6.07, 6.45) is 2.25. The average molecular weight is 260 g/mol. The minimum absolute atomic E-state index is 0.441. The fourth-order valence-corrected chi connectivity index (χ4v) is 2.28. The molecule has 1 aromatic rings. The summed E-state index contributed by atoms with van der Waals surface area (Å²) in [4.78, 5) is 11.8. The second-order valence-electron chi connectivity index (χ2n) is 3.22. The number of thiophene rings is 1. The van der Waals surface area contributed by atoms with Gasteiger partial charge in [0.1, 0.15) is 0 Å². The molecule has 0 amide bonds. The second-order valence-corrected chi connectivity index (χ2v) is 5.02. The molecule has 0 saturated carbocycles. The van der Waals surface area contributed by atoms with Gasteiger partial charge in [-0.1, -0.05) is 24.6 Å². The first-order valence-electron chi connectivity index (χ1n) is 5.00. The molecule has 0 spiro atoms. The predicted molar refractivity (Wildman–Crippen MR) is 67.0 cm³/mol. The van der Waals surface area contributed by atoms with Crippen LogP contribution in [0.25, 0.3) is 0 Å². The van der Waals surface area contributed by atoms with Crippen molar-refractivity contribution in [2.75, 3.05) is 6.54 Å². The van der Waals surface area contributed by atoms with Crippen LogP contribution in [0.1, 0.15) is 18.2 Å². The Morgan fingerprint density at radius 1 is 1.62 bits per heavy atom. The third kappa shape index (κ3) is 4.35. The summed E-state index contributed by atoms with van der Waals surface area (Å²) >= 11 is 7.31. The molecule has 2 N–H and O–H groups in total. The van der Waals surface area contributed by atoms with Crippen LogP contribution in [0, 0.1) is 0 Å². The normalized spacial score (nSPS) is 11.8. The first-order valence-corrected chi connectivity index (χ1v) is 6.20. The summed E-state index contributed by atoms with van der Waals surface area (Å²) in [6.45, 7) is 3.11. The highest BCUT2D eigenvalue weighted by Gasteiger charge is 2.02. The van der Waals surface area contributed by atoms with Gasteiger partial charge in [-0.3, -0.25) is 0 Å².